The van der Waals surface area contributed by atoms with Crippen molar-refractivity contribution in [3.05, 3.63) is 45.5 Å². The maximum Gasteiger partial charge on any atom is 0.255 e. The zero-order valence-corrected chi connectivity index (χ0v) is 18.5. The molecule has 4 unspecified atom stereocenters. The second kappa shape index (κ2) is 7.47. The van der Waals surface area contributed by atoms with Gasteiger partial charge in [0.25, 0.3) is 5.91 Å². The van der Waals surface area contributed by atoms with Crippen LogP contribution in [-0.4, -0.2) is 74.3 Å². The number of hydrogen-bond donors (Lipinski definition) is 5. The summed E-state index contributed by atoms with van der Waals surface area (Å²) >= 11 is 0. The van der Waals surface area contributed by atoms with Crippen molar-refractivity contribution in [3.63, 3.8) is 0 Å². The first-order valence-electron chi connectivity index (χ1n) is 10.4. The number of rotatable bonds is 3. The van der Waals surface area contributed by atoms with Crippen molar-refractivity contribution in [3.8, 4) is 5.75 Å². The molecule has 0 saturated heterocycles. The number of carbonyl (C=O) groups excluding carboxylic acids is 4. The van der Waals surface area contributed by atoms with E-state index in [2.05, 4.69) is 0 Å². The molecule has 0 spiro atoms. The van der Waals surface area contributed by atoms with Crippen molar-refractivity contribution in [2.45, 2.75) is 31.4 Å². The number of primary amides is 1. The van der Waals surface area contributed by atoms with E-state index in [4.69, 9.17) is 5.73 Å². The number of fused-ring (bicyclic) bond motifs is 3. The monoisotopic (exact) mass is 474 g/mol. The lowest BCUT2D eigenvalue weighted by molar-refractivity contribution is -0.153. The van der Waals surface area contributed by atoms with Gasteiger partial charge in [0.1, 0.15) is 17.1 Å². The Kier molecular flexibility index (Phi) is 5.18. The Morgan fingerprint density at radius 3 is 2.35 bits per heavy atom. The quantitative estimate of drug-likeness (QED) is 0.304. The van der Waals surface area contributed by atoms with Gasteiger partial charge in [0, 0.05) is 17.1 Å². The molecule has 0 bridgehead atoms. The molecule has 0 radical (unpaired) electrons. The summed E-state index contributed by atoms with van der Waals surface area (Å²) in [5.74, 6) is -10.3. The fourth-order valence-corrected chi connectivity index (χ4v) is 5.59. The van der Waals surface area contributed by atoms with E-state index in [1.54, 1.807) is 0 Å². The Hall–Kier alpha value is -3.57. The van der Waals surface area contributed by atoms with Gasteiger partial charge in [-0.1, -0.05) is 0 Å². The van der Waals surface area contributed by atoms with E-state index in [9.17, 15) is 44.0 Å². The maximum atomic E-state index is 14.3. The van der Waals surface area contributed by atoms with Crippen LogP contribution in [0.2, 0.25) is 0 Å². The van der Waals surface area contributed by atoms with Crippen LogP contribution in [0, 0.1) is 17.7 Å². The number of aromatic hydroxyl groups is 1. The number of aliphatic hydroxyl groups is 3. The molecule has 4 rings (SSSR count). The minimum Gasteiger partial charge on any atom is -0.508 e. The number of phenolic OH excluding ortho intramolecular Hbond substituents is 1. The average Bonchev–Trinajstić information content (AvgIpc) is 2.72. The summed E-state index contributed by atoms with van der Waals surface area (Å²) in [6.45, 7) is 1.18. The van der Waals surface area contributed by atoms with Crippen LogP contribution in [0.1, 0.15) is 34.8 Å². The van der Waals surface area contributed by atoms with Crippen molar-refractivity contribution < 1.29 is 44.0 Å². The molecule has 1 aromatic rings. The van der Waals surface area contributed by atoms with Gasteiger partial charge >= 0.3 is 0 Å². The first-order valence-corrected chi connectivity index (χ1v) is 10.4. The maximum absolute atomic E-state index is 14.3. The van der Waals surface area contributed by atoms with Gasteiger partial charge in [0.05, 0.1) is 11.6 Å². The molecule has 1 aromatic carbocycles. The SMILES string of the molecule is CC(=O)c1cc(F)c(O)c2c1CC1CC3C(N(C)C)C(=O)C(C(N)=O)=C(O)C3(O)C(=O)C1=C2O. The first kappa shape index (κ1) is 23.6. The number of phenols is 1. The molecule has 3 aliphatic carbocycles. The van der Waals surface area contributed by atoms with E-state index >= 15 is 0 Å². The Morgan fingerprint density at radius 2 is 1.82 bits per heavy atom. The van der Waals surface area contributed by atoms with Gasteiger partial charge in [-0.3, -0.25) is 24.1 Å². The summed E-state index contributed by atoms with van der Waals surface area (Å²) in [7, 11) is 2.98. The van der Waals surface area contributed by atoms with Gasteiger partial charge in [-0.15, -0.1) is 0 Å². The standard InChI is InChI=1S/C23H23FN2O8/c1-7(27)9-6-12(24)17(28)14-10(9)4-8-5-11-16(26(2)3)19(30)15(22(25)33)21(32)23(11,34)20(31)13(8)18(14)29/h6,8,11,16,28-29,32,34H,4-5H2,1-3H3,(H2,25,33). The number of ketones is 3. The van der Waals surface area contributed by atoms with Gasteiger partial charge in [-0.05, 0) is 51.4 Å². The summed E-state index contributed by atoms with van der Waals surface area (Å²) in [5.41, 5.74) is 0.711. The van der Waals surface area contributed by atoms with E-state index < -0.39 is 86.5 Å². The van der Waals surface area contributed by atoms with Gasteiger partial charge in [0.15, 0.2) is 28.7 Å². The highest BCUT2D eigenvalue weighted by Gasteiger charge is 2.64. The molecule has 1 amide bonds. The number of likely N-dealkylation sites (N-methyl/N-ethyl adjacent to an activating group) is 1. The molecule has 6 N–H and O–H groups in total. The number of benzene rings is 1. The average molecular weight is 474 g/mol. The molecule has 1 fully saturated rings. The van der Waals surface area contributed by atoms with Crippen LogP contribution in [0.15, 0.2) is 23.0 Å². The highest BCUT2D eigenvalue weighted by atomic mass is 19.1. The van der Waals surface area contributed by atoms with Crippen LogP contribution >= 0.6 is 0 Å². The van der Waals surface area contributed by atoms with E-state index in [1.807, 2.05) is 0 Å². The highest BCUT2D eigenvalue weighted by Crippen LogP contribution is 2.53. The Bertz CT molecular complexity index is 1260. The van der Waals surface area contributed by atoms with E-state index in [-0.39, 0.29) is 24.0 Å². The summed E-state index contributed by atoms with van der Waals surface area (Å²) < 4.78 is 14.3. The second-order valence-electron chi connectivity index (χ2n) is 9.13. The predicted octanol–water partition coefficient (Wildman–Crippen LogP) is 0.306. The summed E-state index contributed by atoms with van der Waals surface area (Å²) in [6, 6.07) is -0.373. The molecule has 0 heterocycles. The fraction of sp³-hybridized carbons (Fsp3) is 0.391. The largest absolute Gasteiger partial charge is 0.508 e. The zero-order valence-electron chi connectivity index (χ0n) is 18.5. The number of aliphatic hydroxyl groups excluding tert-OH is 2. The number of amides is 1. The van der Waals surface area contributed by atoms with Gasteiger partial charge in [-0.2, -0.15) is 0 Å². The predicted molar refractivity (Wildman–Crippen MR) is 114 cm³/mol. The van der Waals surface area contributed by atoms with Crippen molar-refractivity contribution in [1.29, 1.82) is 0 Å². The number of nitrogens with zero attached hydrogens (tertiary/aromatic N) is 1. The molecule has 3 aliphatic rings. The van der Waals surface area contributed by atoms with Crippen molar-refractivity contribution in [2.75, 3.05) is 14.1 Å². The normalized spacial score (nSPS) is 28.6. The minimum atomic E-state index is -2.78. The van der Waals surface area contributed by atoms with Crippen LogP contribution < -0.4 is 5.73 Å². The van der Waals surface area contributed by atoms with Gasteiger partial charge in [-0.25, -0.2) is 4.39 Å². The first-order chi connectivity index (χ1) is 15.7. The lowest BCUT2D eigenvalue weighted by Crippen LogP contribution is -2.65. The minimum absolute atomic E-state index is 0.0860. The molecule has 0 aliphatic heterocycles. The molecule has 10 nitrogen and oxygen atoms in total. The van der Waals surface area contributed by atoms with Crippen LogP contribution in [0.3, 0.4) is 0 Å². The lowest BCUT2D eigenvalue weighted by atomic mass is 9.57. The smallest absolute Gasteiger partial charge is 0.255 e. The number of carbonyl (C=O) groups is 4. The second-order valence-corrected chi connectivity index (χ2v) is 9.13. The van der Waals surface area contributed by atoms with E-state index in [0.29, 0.717) is 0 Å². The van der Waals surface area contributed by atoms with E-state index in [1.165, 1.54) is 25.9 Å². The summed E-state index contributed by atoms with van der Waals surface area (Å²) in [5, 5.41) is 43.5. The molecular formula is C23H23FN2O8. The van der Waals surface area contributed by atoms with Crippen molar-refractivity contribution >= 4 is 29.0 Å². The Morgan fingerprint density at radius 1 is 1.21 bits per heavy atom. The third kappa shape index (κ3) is 2.86. The number of Topliss-reactive ketones (excluding diaryl/α,β-unsaturated/α-hetero) is 3. The Labute approximate surface area is 192 Å². The molecule has 0 aromatic heterocycles. The van der Waals surface area contributed by atoms with E-state index in [0.717, 1.165) is 6.07 Å². The van der Waals surface area contributed by atoms with Gasteiger partial charge < -0.3 is 26.2 Å². The third-order valence-electron chi connectivity index (χ3n) is 7.05. The molecule has 11 heteroatoms. The molecule has 34 heavy (non-hydrogen) atoms. The molecule has 180 valence electrons. The zero-order chi connectivity index (χ0) is 25.4. The van der Waals surface area contributed by atoms with Crippen molar-refractivity contribution in [2.24, 2.45) is 17.6 Å². The van der Waals surface area contributed by atoms with Crippen LogP contribution in [-0.2, 0) is 20.8 Å². The molecule has 1 saturated carbocycles. The summed E-state index contributed by atoms with van der Waals surface area (Å²) in [4.78, 5) is 52.1. The summed E-state index contributed by atoms with van der Waals surface area (Å²) in [6.07, 6.45) is -0.210. The fourth-order valence-electron chi connectivity index (χ4n) is 5.59. The van der Waals surface area contributed by atoms with Crippen LogP contribution in [0.4, 0.5) is 4.39 Å². The van der Waals surface area contributed by atoms with Crippen LogP contribution in [0.5, 0.6) is 5.75 Å². The molecular weight excluding hydrogens is 451 g/mol. The topological polar surface area (TPSA) is 178 Å². The van der Waals surface area contributed by atoms with Crippen LogP contribution in [0.25, 0.3) is 5.76 Å². The van der Waals surface area contributed by atoms with Gasteiger partial charge in [0.2, 0.25) is 5.78 Å². The lowest BCUT2D eigenvalue weighted by Gasteiger charge is -2.50. The third-order valence-corrected chi connectivity index (χ3v) is 7.05. The van der Waals surface area contributed by atoms with Crippen molar-refractivity contribution in [1.82, 2.24) is 4.90 Å². The number of nitrogens with two attached hydrogens (primary N) is 1. The highest BCUT2D eigenvalue weighted by molar-refractivity contribution is 6.24. The molecule has 4 atom stereocenters. The number of halogens is 1. The Balaban J connectivity index is 2.02. The number of hydrogen-bond acceptors (Lipinski definition) is 9.